The summed E-state index contributed by atoms with van der Waals surface area (Å²) in [4.78, 5) is 11.1. The number of carbonyl (C=O) groups excluding carboxylic acids is 1. The Hall–Kier alpha value is -0.280. The van der Waals surface area contributed by atoms with Gasteiger partial charge in [0.15, 0.2) is 0 Å². The summed E-state index contributed by atoms with van der Waals surface area (Å²) in [6.45, 7) is 5.97. The Morgan fingerprint density at radius 2 is 2.00 bits per heavy atom. The Balaban J connectivity index is 0. The minimum Gasteiger partial charge on any atom is -0.464 e. The maximum absolute atomic E-state index is 11.1. The van der Waals surface area contributed by atoms with Crippen molar-refractivity contribution in [1.29, 1.82) is 0 Å². The fourth-order valence-electron chi connectivity index (χ4n) is 0.504. The highest BCUT2D eigenvalue weighted by Gasteiger charge is 2.27. The molecule has 0 spiro atoms. The van der Waals surface area contributed by atoms with Crippen LogP contribution in [0.4, 0.5) is 0 Å². The van der Waals surface area contributed by atoms with Crippen LogP contribution in [0.3, 0.4) is 0 Å². The van der Waals surface area contributed by atoms with Gasteiger partial charge in [0.1, 0.15) is 5.54 Å². The molecule has 0 saturated carbocycles. The third-order valence-electron chi connectivity index (χ3n) is 1.64. The summed E-state index contributed by atoms with van der Waals surface area (Å²) in [5, 5.41) is 0. The fourth-order valence-corrected chi connectivity index (χ4v) is 0.504. The normalized spacial score (nSPS) is 14.3. The van der Waals surface area contributed by atoms with Gasteiger partial charge in [-0.1, -0.05) is 13.8 Å². The summed E-state index contributed by atoms with van der Waals surface area (Å²) in [5.74, 6) is -0.304. The van der Waals surface area contributed by atoms with Crippen molar-refractivity contribution in [3.05, 3.63) is 0 Å². The Morgan fingerprint density at radius 3 is 2.33 bits per heavy atom. The molecule has 2 N–H and O–H groups in total. The van der Waals surface area contributed by atoms with E-state index in [1.54, 1.807) is 6.92 Å². The van der Waals surface area contributed by atoms with Crippen LogP contribution in [0.25, 0.3) is 0 Å². The fraction of sp³-hybridized carbons (Fsp3) is 0.875. The lowest BCUT2D eigenvalue weighted by atomic mass is 10.0. The molecule has 0 aromatic rings. The van der Waals surface area contributed by atoms with Crippen LogP contribution >= 0.6 is 12.4 Å². The van der Waals surface area contributed by atoms with E-state index >= 15 is 0 Å². The van der Waals surface area contributed by atoms with Gasteiger partial charge in [-0.15, -0.1) is 12.4 Å². The van der Waals surface area contributed by atoms with Gasteiger partial charge in [0.25, 0.3) is 0 Å². The average Bonchev–Trinajstić information content (AvgIpc) is 2.00. The summed E-state index contributed by atoms with van der Waals surface area (Å²) < 4.78 is 4.88. The van der Waals surface area contributed by atoms with Crippen LogP contribution in [0.1, 0.15) is 33.6 Å². The SMILES string of the molecule is CCCOC(=O)C(C)(N)CC.Cl. The van der Waals surface area contributed by atoms with E-state index in [4.69, 9.17) is 10.5 Å². The number of ether oxygens (including phenoxy) is 1. The Bertz CT molecular complexity index is 137. The summed E-state index contributed by atoms with van der Waals surface area (Å²) in [6.07, 6.45) is 1.45. The molecule has 1 atom stereocenters. The molecular formula is C8H18ClNO2. The largest absolute Gasteiger partial charge is 0.464 e. The van der Waals surface area contributed by atoms with Crippen LogP contribution in [-0.4, -0.2) is 18.1 Å². The molecule has 0 aromatic carbocycles. The molecular weight excluding hydrogens is 178 g/mol. The van der Waals surface area contributed by atoms with E-state index in [9.17, 15) is 4.79 Å². The van der Waals surface area contributed by atoms with Crippen LogP contribution < -0.4 is 5.73 Å². The number of esters is 1. The molecule has 0 heterocycles. The highest BCUT2D eigenvalue weighted by Crippen LogP contribution is 2.06. The van der Waals surface area contributed by atoms with Gasteiger partial charge in [-0.05, 0) is 19.8 Å². The average molecular weight is 196 g/mol. The Kier molecular flexibility index (Phi) is 7.44. The Labute approximate surface area is 80.1 Å². The van der Waals surface area contributed by atoms with Gasteiger partial charge >= 0.3 is 5.97 Å². The molecule has 3 nitrogen and oxygen atoms in total. The number of nitrogens with two attached hydrogens (primary N) is 1. The van der Waals surface area contributed by atoms with E-state index < -0.39 is 5.54 Å². The van der Waals surface area contributed by atoms with Crippen molar-refractivity contribution in [2.24, 2.45) is 5.73 Å². The standard InChI is InChI=1S/C8H17NO2.ClH/c1-4-6-11-7(10)8(3,9)5-2;/h4-6,9H2,1-3H3;1H. The first-order chi connectivity index (χ1) is 5.04. The van der Waals surface area contributed by atoms with E-state index in [0.717, 1.165) is 6.42 Å². The molecule has 1 unspecified atom stereocenters. The minimum atomic E-state index is -0.810. The minimum absolute atomic E-state index is 0. The molecule has 0 saturated heterocycles. The van der Waals surface area contributed by atoms with Crippen LogP contribution in [0.5, 0.6) is 0 Å². The molecule has 74 valence electrons. The van der Waals surface area contributed by atoms with Gasteiger partial charge in [-0.3, -0.25) is 4.79 Å². The zero-order valence-corrected chi connectivity index (χ0v) is 8.74. The summed E-state index contributed by atoms with van der Waals surface area (Å²) in [6, 6.07) is 0. The van der Waals surface area contributed by atoms with Crippen molar-refractivity contribution in [3.8, 4) is 0 Å². The number of hydrogen-bond acceptors (Lipinski definition) is 3. The monoisotopic (exact) mass is 195 g/mol. The second-order valence-electron chi connectivity index (χ2n) is 2.91. The van der Waals surface area contributed by atoms with Gasteiger partial charge < -0.3 is 10.5 Å². The van der Waals surface area contributed by atoms with Crippen molar-refractivity contribution in [2.75, 3.05) is 6.61 Å². The first-order valence-electron chi connectivity index (χ1n) is 4.00. The molecule has 0 amide bonds. The van der Waals surface area contributed by atoms with Crippen LogP contribution in [0.2, 0.25) is 0 Å². The van der Waals surface area contributed by atoms with Crippen molar-refractivity contribution in [2.45, 2.75) is 39.2 Å². The molecule has 0 aliphatic carbocycles. The van der Waals surface area contributed by atoms with E-state index in [0.29, 0.717) is 13.0 Å². The van der Waals surface area contributed by atoms with Gasteiger partial charge in [-0.25, -0.2) is 0 Å². The molecule has 0 bridgehead atoms. The number of rotatable bonds is 4. The summed E-state index contributed by atoms with van der Waals surface area (Å²) in [7, 11) is 0. The predicted molar refractivity (Wildman–Crippen MR) is 51.4 cm³/mol. The maximum atomic E-state index is 11.1. The van der Waals surface area contributed by atoms with Crippen molar-refractivity contribution in [3.63, 3.8) is 0 Å². The molecule has 0 aliphatic rings. The number of hydrogen-bond donors (Lipinski definition) is 1. The van der Waals surface area contributed by atoms with Crippen molar-refractivity contribution >= 4 is 18.4 Å². The first kappa shape index (κ1) is 14.3. The highest BCUT2D eigenvalue weighted by molar-refractivity contribution is 5.85. The van der Waals surface area contributed by atoms with E-state index in [1.807, 2.05) is 13.8 Å². The third kappa shape index (κ3) is 4.57. The lowest BCUT2D eigenvalue weighted by Gasteiger charge is -2.19. The van der Waals surface area contributed by atoms with Crippen molar-refractivity contribution < 1.29 is 9.53 Å². The molecule has 0 aromatic heterocycles. The molecule has 4 heteroatoms. The van der Waals surface area contributed by atoms with Crippen molar-refractivity contribution in [1.82, 2.24) is 0 Å². The zero-order chi connectivity index (χ0) is 8.91. The van der Waals surface area contributed by atoms with Crippen LogP contribution in [-0.2, 0) is 9.53 Å². The topological polar surface area (TPSA) is 52.3 Å². The summed E-state index contributed by atoms with van der Waals surface area (Å²) >= 11 is 0. The quantitative estimate of drug-likeness (QED) is 0.692. The second-order valence-corrected chi connectivity index (χ2v) is 2.91. The Morgan fingerprint density at radius 1 is 1.50 bits per heavy atom. The van der Waals surface area contributed by atoms with Crippen LogP contribution in [0, 0.1) is 0 Å². The molecule has 0 rings (SSSR count). The number of halogens is 1. The molecule has 0 fully saturated rings. The van der Waals surface area contributed by atoms with Gasteiger partial charge in [0, 0.05) is 0 Å². The maximum Gasteiger partial charge on any atom is 0.325 e. The van der Waals surface area contributed by atoms with E-state index in [-0.39, 0.29) is 18.4 Å². The highest BCUT2D eigenvalue weighted by atomic mass is 35.5. The lowest BCUT2D eigenvalue weighted by molar-refractivity contribution is -0.149. The van der Waals surface area contributed by atoms with E-state index in [1.165, 1.54) is 0 Å². The zero-order valence-electron chi connectivity index (χ0n) is 7.92. The van der Waals surface area contributed by atoms with Gasteiger partial charge in [-0.2, -0.15) is 0 Å². The van der Waals surface area contributed by atoms with Gasteiger partial charge in [0.2, 0.25) is 0 Å². The van der Waals surface area contributed by atoms with E-state index in [2.05, 4.69) is 0 Å². The molecule has 0 radical (unpaired) electrons. The molecule has 0 aliphatic heterocycles. The van der Waals surface area contributed by atoms with Crippen LogP contribution in [0.15, 0.2) is 0 Å². The summed E-state index contributed by atoms with van der Waals surface area (Å²) in [5.41, 5.74) is 4.82. The predicted octanol–water partition coefficient (Wildman–Crippen LogP) is 1.49. The van der Waals surface area contributed by atoms with Gasteiger partial charge in [0.05, 0.1) is 6.61 Å². The lowest BCUT2D eigenvalue weighted by Crippen LogP contribution is -2.45. The molecule has 12 heavy (non-hydrogen) atoms. The second kappa shape index (κ2) is 6.26. The third-order valence-corrected chi connectivity index (χ3v) is 1.64. The smallest absolute Gasteiger partial charge is 0.325 e. The number of carbonyl (C=O) groups is 1. The first-order valence-corrected chi connectivity index (χ1v) is 4.00.